The number of allylic oxidation sites excluding steroid dienone is 18. The van der Waals surface area contributed by atoms with Crippen LogP contribution in [0.2, 0.25) is 0 Å². The van der Waals surface area contributed by atoms with Crippen LogP contribution in [0.3, 0.4) is 0 Å². The molecule has 0 rings (SSSR count). The van der Waals surface area contributed by atoms with E-state index in [0.29, 0.717) is 51.4 Å². The summed E-state index contributed by atoms with van der Waals surface area (Å²) in [6, 6.07) is 0. The van der Waals surface area contributed by atoms with Gasteiger partial charge in [0.05, 0.1) is 0 Å². The lowest BCUT2D eigenvalue weighted by Crippen LogP contribution is -2.30. The number of carbonyl (C=O) groups is 9. The van der Waals surface area contributed by atoms with Crippen LogP contribution in [0.4, 0.5) is 0 Å². The normalized spacial score (nSPS) is 12.6. The number of carbonyl (C=O) groups excluding carboxylic acids is 9. The molecule has 0 saturated carbocycles. The van der Waals surface area contributed by atoms with Crippen LogP contribution in [0, 0.1) is 0 Å². The highest BCUT2D eigenvalue weighted by molar-refractivity contribution is 5.73. The third-order valence-electron chi connectivity index (χ3n) is 26.2. The highest BCUT2D eigenvalue weighted by Crippen LogP contribution is 2.22. The fraction of sp³-hybridized carbons (Fsp3) is 0.786. The zero-order valence-corrected chi connectivity index (χ0v) is 93.3. The molecule has 0 aromatic rings. The average molecular weight is 2020 g/mol. The number of ether oxygens (including phenoxy) is 9. The molecular weight excluding hydrogens is 1800 g/mol. The van der Waals surface area contributed by atoms with E-state index in [4.69, 9.17) is 42.6 Å². The first-order valence-electron chi connectivity index (χ1n) is 60.2. The molecule has 0 aromatic heterocycles. The molecule has 3 unspecified atom stereocenters. The van der Waals surface area contributed by atoms with Crippen molar-refractivity contribution in [3.8, 4) is 0 Å². The zero-order chi connectivity index (χ0) is 104. The molecule has 0 aliphatic rings. The van der Waals surface area contributed by atoms with E-state index < -0.39 is 36.4 Å². The van der Waals surface area contributed by atoms with E-state index in [9.17, 15) is 43.2 Å². The third-order valence-corrected chi connectivity index (χ3v) is 26.2. The summed E-state index contributed by atoms with van der Waals surface area (Å²) in [5.74, 6) is -3.45. The molecule has 0 fully saturated rings. The number of rotatable bonds is 111. The average Bonchev–Trinajstić information content (AvgIpc) is 0.944. The lowest BCUT2D eigenvalue weighted by molar-refractivity contribution is -0.200. The van der Waals surface area contributed by atoms with Gasteiger partial charge in [-0.25, -0.2) is 0 Å². The summed E-state index contributed by atoms with van der Waals surface area (Å²) in [5, 5.41) is 0. The van der Waals surface area contributed by atoms with E-state index in [1.807, 2.05) is 0 Å². The van der Waals surface area contributed by atoms with Gasteiger partial charge in [-0.15, -0.1) is 0 Å². The fourth-order valence-electron chi connectivity index (χ4n) is 17.1. The Kier molecular flexibility index (Phi) is 109. The van der Waals surface area contributed by atoms with Gasteiger partial charge >= 0.3 is 53.7 Å². The summed E-state index contributed by atoms with van der Waals surface area (Å²) in [5.41, 5.74) is 0. The molecule has 830 valence electrons. The summed E-state index contributed by atoms with van der Waals surface area (Å²) in [6.07, 6.45) is 122. The first-order chi connectivity index (χ1) is 70.8. The molecule has 0 amide bonds. The SMILES string of the molecule is CC/C=C/C/C=C/C/C=C\CCCCCCCC(=O)OC(COC(=O)CCCC/C=C\CCCCCCCCCC(=O)OCC(COC(=O)CCCCCCC/C=C/CCCCCCCC(=O)OC(COC(=O)CCCCCCCCCCCCCCCCC)OC(=O)CCCCCCC/C=C\CCCCCCCC)OC(=O)CCCC/C=C/C/C=C\C/C=C/CCCCCCC)COC(=O)CCCCCCCC. The van der Waals surface area contributed by atoms with Gasteiger partial charge in [-0.3, -0.25) is 43.2 Å². The number of hydrogen-bond acceptors (Lipinski definition) is 18. The van der Waals surface area contributed by atoms with Gasteiger partial charge in [0.2, 0.25) is 0 Å². The van der Waals surface area contributed by atoms with Crippen LogP contribution in [0.5, 0.6) is 0 Å². The molecule has 0 N–H and O–H groups in total. The maximum absolute atomic E-state index is 13.2. The molecule has 0 aromatic carbocycles. The fourth-order valence-corrected chi connectivity index (χ4v) is 17.1. The van der Waals surface area contributed by atoms with Gasteiger partial charge in [0.1, 0.15) is 26.4 Å². The Labute approximate surface area is 882 Å². The maximum atomic E-state index is 13.2. The Morgan fingerprint density at radius 3 is 0.507 bits per heavy atom. The van der Waals surface area contributed by atoms with Gasteiger partial charge in [0.25, 0.3) is 6.29 Å². The van der Waals surface area contributed by atoms with Crippen LogP contribution in [0.15, 0.2) is 109 Å². The van der Waals surface area contributed by atoms with Crippen LogP contribution in [0.1, 0.15) is 587 Å². The van der Waals surface area contributed by atoms with Gasteiger partial charge in [0.15, 0.2) is 18.8 Å². The standard InChI is InChI=1S/C126H218O18/c1-6-11-16-21-26-30-34-38-42-43-47-55-64-72-80-89-98-107-123(133)142-116(113-139-120(130)104-95-86-77-69-62-58-50-57-61-68-76-85-94-103-118(128)137-111-115(110-136-117(127)101-92-83-25-20-15-10-5)141-122(132)106-97-88-79-71-63-53-45-40-36-32-28-23-18-13-8-3)112-138-119(129)102-93-84-75-67-59-52-48-49-56-66-74-82-91-100-109-125(135)144-126(143-124(134)108-99-90-81-73-65-54-46-41-37-33-29-24-19-14-9-4)114-140-121(131)105-96-87-78-70-60-51-44-39-35-31-27-22-17-12-7-2/h13,18,28,32,34,38,40-41,43,45-49,61,64,68,72,115-116,126H,6-12,14-17,19-27,29-31,33,35-37,39,42,44,50-60,62-63,65-67,69-71,73-114H2,1-5H3/b18-13+,32-28+,38-34+,45-40-,46-41-,47-43-,49-48+,68-61-,72-64+. The Balaban J connectivity index is 4.98. The van der Waals surface area contributed by atoms with Crippen molar-refractivity contribution in [3.05, 3.63) is 109 Å². The minimum atomic E-state index is -1.25. The molecule has 0 spiro atoms. The van der Waals surface area contributed by atoms with Crippen LogP contribution in [-0.2, 0) is 85.8 Å². The van der Waals surface area contributed by atoms with Gasteiger partial charge in [0, 0.05) is 57.8 Å². The van der Waals surface area contributed by atoms with Crippen molar-refractivity contribution < 1.29 is 85.8 Å². The Bertz CT molecular complexity index is 3210. The number of hydrogen-bond donors (Lipinski definition) is 0. The molecule has 3 atom stereocenters. The summed E-state index contributed by atoms with van der Waals surface area (Å²) < 4.78 is 50.8. The summed E-state index contributed by atoms with van der Waals surface area (Å²) in [6.45, 7) is 10.2. The Hall–Kier alpha value is -7.11. The van der Waals surface area contributed by atoms with E-state index in [0.717, 1.165) is 289 Å². The quantitative estimate of drug-likeness (QED) is 0.0181. The number of esters is 9. The second-order valence-corrected chi connectivity index (χ2v) is 40.3. The summed E-state index contributed by atoms with van der Waals surface area (Å²) >= 11 is 0. The molecule has 18 nitrogen and oxygen atoms in total. The molecule has 0 aliphatic heterocycles. The van der Waals surface area contributed by atoms with Crippen molar-refractivity contribution in [2.75, 3.05) is 33.0 Å². The van der Waals surface area contributed by atoms with Crippen LogP contribution < -0.4 is 0 Å². The molecule has 0 saturated heterocycles. The van der Waals surface area contributed by atoms with Crippen molar-refractivity contribution >= 4 is 53.7 Å². The number of unbranched alkanes of at least 4 members (excludes halogenated alkanes) is 61. The predicted octanol–water partition coefficient (Wildman–Crippen LogP) is 36.6. The molecule has 18 heteroatoms. The van der Waals surface area contributed by atoms with Gasteiger partial charge in [-0.2, -0.15) is 0 Å². The van der Waals surface area contributed by atoms with Crippen molar-refractivity contribution in [2.45, 2.75) is 605 Å². The van der Waals surface area contributed by atoms with Crippen molar-refractivity contribution in [1.82, 2.24) is 0 Å². The first-order valence-corrected chi connectivity index (χ1v) is 60.2. The maximum Gasteiger partial charge on any atom is 0.308 e. The van der Waals surface area contributed by atoms with Crippen molar-refractivity contribution in [3.63, 3.8) is 0 Å². The van der Waals surface area contributed by atoms with Gasteiger partial charge in [-0.05, 0) is 205 Å². The van der Waals surface area contributed by atoms with E-state index in [1.54, 1.807) is 0 Å². The van der Waals surface area contributed by atoms with Crippen molar-refractivity contribution in [2.24, 2.45) is 0 Å². The molecule has 0 radical (unpaired) electrons. The summed E-state index contributed by atoms with van der Waals surface area (Å²) in [7, 11) is 0. The molecule has 144 heavy (non-hydrogen) atoms. The van der Waals surface area contributed by atoms with Crippen LogP contribution >= 0.6 is 0 Å². The largest absolute Gasteiger partial charge is 0.462 e. The van der Waals surface area contributed by atoms with Gasteiger partial charge in [-0.1, -0.05) is 433 Å². The lowest BCUT2D eigenvalue weighted by atomic mass is 10.0. The molecule has 0 heterocycles. The highest BCUT2D eigenvalue weighted by Gasteiger charge is 2.24. The van der Waals surface area contributed by atoms with E-state index >= 15 is 0 Å². The van der Waals surface area contributed by atoms with E-state index in [1.165, 1.54) is 161 Å². The van der Waals surface area contributed by atoms with Gasteiger partial charge < -0.3 is 42.6 Å². The highest BCUT2D eigenvalue weighted by atomic mass is 16.7. The molecular formula is C126H218O18. The van der Waals surface area contributed by atoms with E-state index in [-0.39, 0.29) is 120 Å². The first kappa shape index (κ1) is 137. The second kappa shape index (κ2) is 115. The van der Waals surface area contributed by atoms with E-state index in [2.05, 4.69) is 144 Å². The minimum Gasteiger partial charge on any atom is -0.462 e. The predicted molar refractivity (Wildman–Crippen MR) is 598 cm³/mol. The smallest absolute Gasteiger partial charge is 0.308 e. The summed E-state index contributed by atoms with van der Waals surface area (Å²) in [4.78, 5) is 117. The Morgan fingerprint density at radius 2 is 0.299 bits per heavy atom. The minimum absolute atomic E-state index is 0.137. The Morgan fingerprint density at radius 1 is 0.153 bits per heavy atom. The molecule has 0 bridgehead atoms. The van der Waals surface area contributed by atoms with Crippen LogP contribution in [-0.4, -0.2) is 105 Å². The monoisotopic (exact) mass is 2020 g/mol. The van der Waals surface area contributed by atoms with Crippen molar-refractivity contribution in [1.29, 1.82) is 0 Å². The topological polar surface area (TPSA) is 237 Å². The zero-order valence-electron chi connectivity index (χ0n) is 93.3. The lowest BCUT2D eigenvalue weighted by Gasteiger charge is -2.18. The van der Waals surface area contributed by atoms with Crippen LogP contribution in [0.25, 0.3) is 0 Å². The molecule has 0 aliphatic carbocycles. The second-order valence-electron chi connectivity index (χ2n) is 40.3. The third kappa shape index (κ3) is 109.